The lowest BCUT2D eigenvalue weighted by atomic mass is 10.00. The summed E-state index contributed by atoms with van der Waals surface area (Å²) in [5, 5.41) is 19.5. The van der Waals surface area contributed by atoms with Gasteiger partial charge >= 0.3 is 0 Å². The normalized spacial score (nSPS) is 9.95. The van der Waals surface area contributed by atoms with Crippen LogP contribution in [0.25, 0.3) is 0 Å². The lowest BCUT2D eigenvalue weighted by Gasteiger charge is -2.23. The first-order chi connectivity index (χ1) is 9.47. The topological polar surface area (TPSA) is 99.6 Å². The van der Waals surface area contributed by atoms with Crippen LogP contribution in [0, 0.1) is 11.3 Å². The molecule has 0 atom stereocenters. The van der Waals surface area contributed by atoms with E-state index < -0.39 is 0 Å². The molecule has 0 radical (unpaired) electrons. The Labute approximate surface area is 118 Å². The SMILES string of the molecule is CCc1c(N)c(C(C)=O)cc(N(O)CCC#N)c1OC. The van der Waals surface area contributed by atoms with Crippen molar-refractivity contribution in [1.82, 2.24) is 0 Å². The van der Waals surface area contributed by atoms with E-state index >= 15 is 0 Å². The first-order valence-electron chi connectivity index (χ1n) is 6.31. The number of methoxy groups -OCH3 is 1. The average Bonchev–Trinajstić information content (AvgIpc) is 2.43. The molecule has 1 aromatic rings. The van der Waals surface area contributed by atoms with Crippen molar-refractivity contribution >= 4 is 17.2 Å². The predicted octanol–water partition coefficient (Wildman–Crippen LogP) is 2.15. The maximum absolute atomic E-state index is 11.6. The van der Waals surface area contributed by atoms with Crippen LogP contribution in [-0.2, 0) is 6.42 Å². The maximum Gasteiger partial charge on any atom is 0.161 e. The number of nitriles is 1. The van der Waals surface area contributed by atoms with Gasteiger partial charge < -0.3 is 10.5 Å². The van der Waals surface area contributed by atoms with Crippen molar-refractivity contribution in [3.05, 3.63) is 17.2 Å². The first kappa shape index (κ1) is 15.8. The van der Waals surface area contributed by atoms with E-state index in [-0.39, 0.29) is 18.7 Å². The highest BCUT2D eigenvalue weighted by atomic mass is 16.5. The highest BCUT2D eigenvalue weighted by Gasteiger charge is 2.21. The fraction of sp³-hybridized carbons (Fsp3) is 0.429. The van der Waals surface area contributed by atoms with Crippen LogP contribution in [0.5, 0.6) is 5.75 Å². The smallest absolute Gasteiger partial charge is 0.161 e. The van der Waals surface area contributed by atoms with Gasteiger partial charge in [0.2, 0.25) is 0 Å². The van der Waals surface area contributed by atoms with E-state index in [4.69, 9.17) is 15.7 Å². The van der Waals surface area contributed by atoms with Crippen LogP contribution >= 0.6 is 0 Å². The number of hydrogen-bond acceptors (Lipinski definition) is 6. The molecule has 0 aliphatic rings. The van der Waals surface area contributed by atoms with Crippen molar-refractivity contribution in [3.63, 3.8) is 0 Å². The van der Waals surface area contributed by atoms with Crippen LogP contribution in [0.4, 0.5) is 11.4 Å². The van der Waals surface area contributed by atoms with Gasteiger partial charge in [-0.1, -0.05) is 6.92 Å². The molecule has 0 saturated heterocycles. The van der Waals surface area contributed by atoms with Crippen LogP contribution < -0.4 is 15.5 Å². The minimum Gasteiger partial charge on any atom is -0.494 e. The Hall–Kier alpha value is -2.26. The van der Waals surface area contributed by atoms with Crippen LogP contribution in [0.15, 0.2) is 6.07 Å². The summed E-state index contributed by atoms with van der Waals surface area (Å²) in [7, 11) is 1.48. The second-order valence-corrected chi connectivity index (χ2v) is 4.31. The van der Waals surface area contributed by atoms with Crippen molar-refractivity contribution in [3.8, 4) is 11.8 Å². The van der Waals surface area contributed by atoms with E-state index in [1.54, 1.807) is 0 Å². The zero-order valence-corrected chi connectivity index (χ0v) is 11.9. The minimum atomic E-state index is -0.185. The Morgan fingerprint density at radius 2 is 2.25 bits per heavy atom. The number of nitrogens with zero attached hydrogens (tertiary/aromatic N) is 2. The third-order valence-electron chi connectivity index (χ3n) is 3.05. The Bertz CT molecular complexity index is 550. The molecule has 6 nitrogen and oxygen atoms in total. The number of hydrogen-bond donors (Lipinski definition) is 2. The largest absolute Gasteiger partial charge is 0.494 e. The molecule has 0 unspecified atom stereocenters. The highest BCUT2D eigenvalue weighted by molar-refractivity contribution is 6.01. The van der Waals surface area contributed by atoms with Crippen molar-refractivity contribution in [1.29, 1.82) is 5.26 Å². The van der Waals surface area contributed by atoms with Gasteiger partial charge in [-0.05, 0) is 19.4 Å². The Morgan fingerprint density at radius 3 is 2.70 bits per heavy atom. The molecule has 0 heterocycles. The number of nitrogens with two attached hydrogens (primary N) is 1. The van der Waals surface area contributed by atoms with Gasteiger partial charge in [0.25, 0.3) is 0 Å². The second-order valence-electron chi connectivity index (χ2n) is 4.31. The van der Waals surface area contributed by atoms with Crippen LogP contribution in [0.2, 0.25) is 0 Å². The highest BCUT2D eigenvalue weighted by Crippen LogP contribution is 2.38. The predicted molar refractivity (Wildman–Crippen MR) is 76.2 cm³/mol. The van der Waals surface area contributed by atoms with E-state index in [0.717, 1.165) is 5.06 Å². The number of carbonyl (C=O) groups excluding carboxylic acids is 1. The number of hydroxylamine groups is 1. The van der Waals surface area contributed by atoms with E-state index in [1.807, 2.05) is 13.0 Å². The third-order valence-corrected chi connectivity index (χ3v) is 3.05. The van der Waals surface area contributed by atoms with Gasteiger partial charge in [-0.25, -0.2) is 0 Å². The molecular weight excluding hydrogens is 258 g/mol. The maximum atomic E-state index is 11.6. The van der Waals surface area contributed by atoms with Crippen molar-refractivity contribution in [2.24, 2.45) is 0 Å². The van der Waals surface area contributed by atoms with E-state index in [9.17, 15) is 10.0 Å². The van der Waals surface area contributed by atoms with Crippen molar-refractivity contribution in [2.75, 3.05) is 24.5 Å². The molecule has 1 aromatic carbocycles. The summed E-state index contributed by atoms with van der Waals surface area (Å²) < 4.78 is 5.31. The monoisotopic (exact) mass is 277 g/mol. The Kier molecular flexibility index (Phi) is 5.35. The van der Waals surface area contributed by atoms with E-state index in [0.29, 0.717) is 34.7 Å². The number of carbonyl (C=O) groups is 1. The number of anilines is 2. The summed E-state index contributed by atoms with van der Waals surface area (Å²) in [4.78, 5) is 11.6. The summed E-state index contributed by atoms with van der Waals surface area (Å²) in [6.07, 6.45) is 0.718. The molecule has 108 valence electrons. The fourth-order valence-electron chi connectivity index (χ4n) is 2.06. The molecule has 1 rings (SSSR count). The standard InChI is InChI=1S/C14H19N3O3/c1-4-10-13(16)11(9(2)18)8-12(14(10)20-3)17(19)7-5-6-15/h8,19H,4-5,7,16H2,1-3H3. The van der Waals surface area contributed by atoms with E-state index in [2.05, 4.69) is 0 Å². The van der Waals surface area contributed by atoms with Gasteiger partial charge in [0.1, 0.15) is 11.4 Å². The molecule has 0 fully saturated rings. The van der Waals surface area contributed by atoms with Gasteiger partial charge in [0, 0.05) is 16.8 Å². The van der Waals surface area contributed by atoms with Crippen LogP contribution in [0.1, 0.15) is 36.2 Å². The van der Waals surface area contributed by atoms with Gasteiger partial charge in [-0.15, -0.1) is 0 Å². The molecule has 0 aliphatic heterocycles. The molecule has 0 bridgehead atoms. The van der Waals surface area contributed by atoms with Crippen LogP contribution in [-0.4, -0.2) is 24.6 Å². The van der Waals surface area contributed by atoms with Gasteiger partial charge in [0.05, 0.1) is 26.1 Å². The summed E-state index contributed by atoms with van der Waals surface area (Å²) in [5.41, 5.74) is 7.72. The number of nitrogen functional groups attached to an aromatic ring is 1. The van der Waals surface area contributed by atoms with Gasteiger partial charge in [-0.2, -0.15) is 5.26 Å². The second kappa shape index (κ2) is 6.78. The molecule has 0 spiro atoms. The molecule has 0 amide bonds. The number of ether oxygens (including phenoxy) is 1. The third kappa shape index (κ3) is 3.00. The molecule has 6 heteroatoms. The minimum absolute atomic E-state index is 0.122. The molecule has 0 aliphatic carbocycles. The quantitative estimate of drug-likeness (QED) is 0.469. The zero-order valence-electron chi connectivity index (χ0n) is 11.9. The number of benzene rings is 1. The van der Waals surface area contributed by atoms with Gasteiger partial charge in [0.15, 0.2) is 5.78 Å². The zero-order chi connectivity index (χ0) is 15.3. The Morgan fingerprint density at radius 1 is 1.60 bits per heavy atom. The van der Waals surface area contributed by atoms with Crippen molar-refractivity contribution < 1.29 is 14.7 Å². The molecule has 0 aromatic heterocycles. The Balaban J connectivity index is 3.45. The first-order valence-corrected chi connectivity index (χ1v) is 6.31. The van der Waals surface area contributed by atoms with Crippen molar-refractivity contribution in [2.45, 2.75) is 26.7 Å². The molecule has 0 saturated carbocycles. The molecule has 3 N–H and O–H groups in total. The van der Waals surface area contributed by atoms with E-state index in [1.165, 1.54) is 20.1 Å². The number of ketones is 1. The summed E-state index contributed by atoms with van der Waals surface area (Å²) in [6, 6.07) is 3.44. The fourth-order valence-corrected chi connectivity index (χ4v) is 2.06. The number of rotatable bonds is 6. The lowest BCUT2D eigenvalue weighted by molar-refractivity contribution is 0.101. The summed E-state index contributed by atoms with van der Waals surface area (Å²) >= 11 is 0. The number of Topliss-reactive ketones (excluding diaryl/α,β-unsaturated/α-hetero) is 1. The summed E-state index contributed by atoms with van der Waals surface area (Å²) in [5.74, 6) is 0.241. The average molecular weight is 277 g/mol. The van der Waals surface area contributed by atoms with Gasteiger partial charge in [-0.3, -0.25) is 15.1 Å². The lowest BCUT2D eigenvalue weighted by Crippen LogP contribution is -2.21. The molecule has 20 heavy (non-hydrogen) atoms. The van der Waals surface area contributed by atoms with Crippen LogP contribution in [0.3, 0.4) is 0 Å². The molecular formula is C14H19N3O3. The summed E-state index contributed by atoms with van der Waals surface area (Å²) in [6.45, 7) is 3.43.